The highest BCUT2D eigenvalue weighted by Crippen LogP contribution is 2.20. The van der Waals surface area contributed by atoms with Crippen molar-refractivity contribution in [3.8, 4) is 5.75 Å². The number of carbonyl (C=O) groups excluding carboxylic acids is 1. The van der Waals surface area contributed by atoms with Crippen molar-refractivity contribution < 1.29 is 18.3 Å². The number of halogens is 1. The topological polar surface area (TPSA) is 82.2 Å². The second-order valence-corrected chi connectivity index (χ2v) is 6.60. The van der Waals surface area contributed by atoms with Crippen LogP contribution in [0.4, 0.5) is 4.39 Å². The van der Waals surface area contributed by atoms with Gasteiger partial charge in [0.25, 0.3) is 0 Å². The van der Waals surface area contributed by atoms with Gasteiger partial charge >= 0.3 is 0 Å². The number of allylic oxidation sites excluding steroid dienone is 1. The molecular formula is C19H19FN4O3S. The number of nitrogens with zero attached hydrogens (tertiary/aromatic N) is 3. The molecule has 0 radical (unpaired) electrons. The Labute approximate surface area is 165 Å². The molecule has 146 valence electrons. The number of hydrogen-bond acceptors (Lipinski definition) is 6. The molecule has 0 bridgehead atoms. The number of nitrogens with one attached hydrogen (secondary N) is 1. The van der Waals surface area contributed by atoms with Crippen molar-refractivity contribution in [2.45, 2.75) is 24.9 Å². The van der Waals surface area contributed by atoms with E-state index >= 15 is 0 Å². The molecule has 1 amide bonds. The number of amides is 1. The number of carbonyl (C=O) groups is 1. The highest BCUT2D eigenvalue weighted by atomic mass is 32.2. The van der Waals surface area contributed by atoms with E-state index in [2.05, 4.69) is 22.1 Å². The number of hydrogen-bond donors (Lipinski definition) is 1. The van der Waals surface area contributed by atoms with Crippen LogP contribution >= 0.6 is 11.8 Å². The maximum Gasteiger partial charge on any atom is 0.230 e. The lowest BCUT2D eigenvalue weighted by Gasteiger charge is -2.09. The number of benzene rings is 1. The summed E-state index contributed by atoms with van der Waals surface area (Å²) in [5.74, 6) is 0.910. The third-order valence-corrected chi connectivity index (χ3v) is 4.64. The van der Waals surface area contributed by atoms with Gasteiger partial charge in [0.2, 0.25) is 5.91 Å². The zero-order valence-electron chi connectivity index (χ0n) is 15.0. The molecule has 3 rings (SSSR count). The molecule has 9 heteroatoms. The molecule has 28 heavy (non-hydrogen) atoms. The first-order chi connectivity index (χ1) is 13.7. The maximum absolute atomic E-state index is 13.7. The van der Waals surface area contributed by atoms with Gasteiger partial charge in [0.15, 0.2) is 22.5 Å². The highest BCUT2D eigenvalue weighted by molar-refractivity contribution is 7.99. The smallest absolute Gasteiger partial charge is 0.230 e. The molecule has 0 saturated carbocycles. The van der Waals surface area contributed by atoms with Gasteiger partial charge in [-0.05, 0) is 24.3 Å². The van der Waals surface area contributed by atoms with Crippen LogP contribution in [0.25, 0.3) is 0 Å². The molecule has 7 nitrogen and oxygen atoms in total. The predicted octanol–water partition coefficient (Wildman–Crippen LogP) is 3.18. The zero-order chi connectivity index (χ0) is 19.8. The largest absolute Gasteiger partial charge is 0.483 e. The number of rotatable bonds is 10. The third-order valence-electron chi connectivity index (χ3n) is 3.67. The van der Waals surface area contributed by atoms with Gasteiger partial charge in [-0.15, -0.1) is 16.8 Å². The first-order valence-electron chi connectivity index (χ1n) is 8.49. The summed E-state index contributed by atoms with van der Waals surface area (Å²) in [4.78, 5) is 12.0. The molecule has 0 atom stereocenters. The van der Waals surface area contributed by atoms with E-state index in [0.29, 0.717) is 29.8 Å². The van der Waals surface area contributed by atoms with Gasteiger partial charge in [-0.2, -0.15) is 0 Å². The van der Waals surface area contributed by atoms with E-state index in [1.54, 1.807) is 47.2 Å². The van der Waals surface area contributed by atoms with Crippen LogP contribution in [0.3, 0.4) is 0 Å². The summed E-state index contributed by atoms with van der Waals surface area (Å²) in [7, 11) is 0. The van der Waals surface area contributed by atoms with Crippen LogP contribution in [0.15, 0.2) is 64.9 Å². The second-order valence-electron chi connectivity index (χ2n) is 5.66. The minimum Gasteiger partial charge on any atom is -0.483 e. The van der Waals surface area contributed by atoms with Crippen molar-refractivity contribution in [1.29, 1.82) is 0 Å². The maximum atomic E-state index is 13.7. The van der Waals surface area contributed by atoms with Gasteiger partial charge in [0.05, 0.1) is 18.6 Å². The van der Waals surface area contributed by atoms with Crippen molar-refractivity contribution in [2.75, 3.05) is 5.75 Å². The molecule has 3 aromatic rings. The molecule has 0 unspecified atom stereocenters. The van der Waals surface area contributed by atoms with Gasteiger partial charge in [-0.3, -0.25) is 9.36 Å². The molecule has 2 heterocycles. The summed E-state index contributed by atoms with van der Waals surface area (Å²) >= 11 is 1.25. The molecule has 0 aliphatic heterocycles. The number of furan rings is 1. The van der Waals surface area contributed by atoms with E-state index in [0.717, 1.165) is 0 Å². The van der Waals surface area contributed by atoms with Crippen molar-refractivity contribution in [1.82, 2.24) is 20.1 Å². The van der Waals surface area contributed by atoms with Crippen molar-refractivity contribution in [2.24, 2.45) is 0 Å². The molecule has 1 N–H and O–H groups in total. The molecular weight excluding hydrogens is 383 g/mol. The summed E-state index contributed by atoms with van der Waals surface area (Å²) in [5.41, 5.74) is 0. The average Bonchev–Trinajstić information content (AvgIpc) is 3.35. The van der Waals surface area contributed by atoms with Gasteiger partial charge < -0.3 is 14.5 Å². The number of thioether (sulfide) groups is 1. The zero-order valence-corrected chi connectivity index (χ0v) is 15.8. The monoisotopic (exact) mass is 402 g/mol. The van der Waals surface area contributed by atoms with Gasteiger partial charge in [-0.25, -0.2) is 4.39 Å². The summed E-state index contributed by atoms with van der Waals surface area (Å²) in [6.07, 6.45) is 3.25. The molecule has 0 aliphatic carbocycles. The minimum absolute atomic E-state index is 0.0486. The average molecular weight is 402 g/mol. The molecule has 0 aliphatic rings. The van der Waals surface area contributed by atoms with Crippen LogP contribution in [0, 0.1) is 5.82 Å². The SMILES string of the molecule is C=CCn1c(COc2ccccc2F)nnc1SCC(=O)NCc1ccco1. The number of aromatic nitrogens is 3. The van der Waals surface area contributed by atoms with Crippen LogP contribution in [-0.2, 0) is 24.5 Å². The Balaban J connectivity index is 1.57. The quantitative estimate of drug-likeness (QED) is 0.414. The fourth-order valence-electron chi connectivity index (χ4n) is 2.33. The highest BCUT2D eigenvalue weighted by Gasteiger charge is 2.15. The Morgan fingerprint density at radius 2 is 2.18 bits per heavy atom. The fraction of sp³-hybridized carbons (Fsp3) is 0.211. The van der Waals surface area contributed by atoms with Crippen LogP contribution < -0.4 is 10.1 Å². The number of ether oxygens (including phenoxy) is 1. The minimum atomic E-state index is -0.444. The summed E-state index contributed by atoms with van der Waals surface area (Å²) in [6.45, 7) is 4.55. The summed E-state index contributed by atoms with van der Waals surface area (Å²) in [5, 5.41) is 11.5. The van der Waals surface area contributed by atoms with Crippen LogP contribution in [0.5, 0.6) is 5.75 Å². The molecule has 2 aromatic heterocycles. The summed E-state index contributed by atoms with van der Waals surface area (Å²) < 4.78 is 26.1. The number of para-hydroxylation sites is 1. The van der Waals surface area contributed by atoms with E-state index in [-0.39, 0.29) is 24.0 Å². The van der Waals surface area contributed by atoms with Gasteiger partial charge in [0.1, 0.15) is 12.4 Å². The van der Waals surface area contributed by atoms with Crippen molar-refractivity contribution in [3.05, 3.63) is 72.7 Å². The van der Waals surface area contributed by atoms with Crippen LogP contribution in [0.1, 0.15) is 11.6 Å². The molecule has 1 aromatic carbocycles. The Kier molecular flexibility index (Phi) is 6.85. The summed E-state index contributed by atoms with van der Waals surface area (Å²) in [6, 6.07) is 9.70. The Morgan fingerprint density at radius 1 is 1.32 bits per heavy atom. The Morgan fingerprint density at radius 3 is 2.93 bits per heavy atom. The second kappa shape index (κ2) is 9.75. The molecule has 0 fully saturated rings. The fourth-order valence-corrected chi connectivity index (χ4v) is 3.13. The van der Waals surface area contributed by atoms with Crippen LogP contribution in [-0.4, -0.2) is 26.4 Å². The van der Waals surface area contributed by atoms with E-state index in [4.69, 9.17) is 9.15 Å². The van der Waals surface area contributed by atoms with Crippen molar-refractivity contribution >= 4 is 17.7 Å². The standard InChI is InChI=1S/C19H19FN4O3S/c1-2-9-24-17(12-27-16-8-4-3-7-15(16)20)22-23-19(24)28-13-18(25)21-11-14-6-5-10-26-14/h2-8,10H,1,9,11-13H2,(H,21,25). The van der Waals surface area contributed by atoms with Crippen LogP contribution in [0.2, 0.25) is 0 Å². The van der Waals surface area contributed by atoms with Gasteiger partial charge in [0, 0.05) is 6.54 Å². The lowest BCUT2D eigenvalue weighted by Crippen LogP contribution is -2.24. The Hall–Kier alpha value is -3.07. The lowest BCUT2D eigenvalue weighted by atomic mass is 10.3. The lowest BCUT2D eigenvalue weighted by molar-refractivity contribution is -0.118. The first-order valence-corrected chi connectivity index (χ1v) is 9.48. The molecule has 0 saturated heterocycles. The van der Waals surface area contributed by atoms with Gasteiger partial charge in [-0.1, -0.05) is 30.0 Å². The first kappa shape index (κ1) is 19.7. The van der Waals surface area contributed by atoms with E-state index in [1.807, 2.05) is 0 Å². The normalized spacial score (nSPS) is 10.6. The van der Waals surface area contributed by atoms with E-state index < -0.39 is 5.82 Å². The van der Waals surface area contributed by atoms with E-state index in [9.17, 15) is 9.18 Å². The third kappa shape index (κ3) is 5.23. The predicted molar refractivity (Wildman–Crippen MR) is 102 cm³/mol. The Bertz CT molecular complexity index is 927. The van der Waals surface area contributed by atoms with E-state index in [1.165, 1.54) is 17.8 Å². The molecule has 0 spiro atoms. The van der Waals surface area contributed by atoms with Crippen molar-refractivity contribution in [3.63, 3.8) is 0 Å².